The average Bonchev–Trinajstić information content (AvgIpc) is 1.59. The van der Waals surface area contributed by atoms with Crippen molar-refractivity contribution < 1.29 is 13.6 Å². The lowest BCUT2D eigenvalue weighted by Gasteiger charge is -1.95. The number of carbonyl (C=O) groups is 1. The van der Waals surface area contributed by atoms with Crippen LogP contribution < -0.4 is 5.32 Å². The van der Waals surface area contributed by atoms with E-state index in [2.05, 4.69) is 4.74 Å². The van der Waals surface area contributed by atoms with Gasteiger partial charge in [-0.1, -0.05) is 0 Å². The molecular formula is C4H9NO2. The molecule has 0 aromatic rings. The minimum Gasteiger partial charge on any atom is -0.450 e. The van der Waals surface area contributed by atoms with E-state index in [1.54, 1.807) is 12.2 Å². The van der Waals surface area contributed by atoms with E-state index in [-0.39, 0.29) is 6.61 Å². The van der Waals surface area contributed by atoms with Crippen LogP contribution in [0, 0.1) is 0 Å². The molecule has 0 spiro atoms. The number of nitrogens with one attached hydrogen (secondary N) is 1. The molecule has 0 radical (unpaired) electrons. The number of hydrogen-bond donors (Lipinski definition) is 1. The Hall–Kier alpha value is -0.730. The topological polar surface area (TPSA) is 38.3 Å². The first-order chi connectivity index (χ1) is 4.45. The van der Waals surface area contributed by atoms with Crippen molar-refractivity contribution in [2.24, 2.45) is 0 Å². The Morgan fingerprint density at radius 1 is 2.14 bits per heavy atom. The van der Waals surface area contributed by atoms with Crippen LogP contribution in [-0.4, -0.2) is 19.7 Å². The molecule has 42 valence electrons. The molecule has 0 aliphatic heterocycles. The van der Waals surface area contributed by atoms with E-state index >= 15 is 0 Å². The average molecular weight is 106 g/mol. The van der Waals surface area contributed by atoms with Crippen LogP contribution >= 0.6 is 0 Å². The van der Waals surface area contributed by atoms with E-state index < -0.39 is 13.1 Å². The first kappa shape index (κ1) is 2.55. The molecule has 0 atom stereocenters. The van der Waals surface area contributed by atoms with Crippen molar-refractivity contribution >= 4 is 6.09 Å². The molecule has 3 nitrogen and oxygen atoms in total. The van der Waals surface area contributed by atoms with Gasteiger partial charge >= 0.3 is 6.09 Å². The van der Waals surface area contributed by atoms with Crippen molar-refractivity contribution in [2.45, 2.75) is 6.92 Å². The van der Waals surface area contributed by atoms with Gasteiger partial charge in [0.05, 0.1) is 6.61 Å². The predicted octanol–water partition coefficient (Wildman–Crippen LogP) is 0.362. The molecule has 1 N–H and O–H groups in total. The number of hydrogen-bond acceptors (Lipinski definition) is 2. The molecule has 0 aliphatic carbocycles. The second kappa shape index (κ2) is 3.46. The summed E-state index contributed by atoms with van der Waals surface area (Å²) in [4.78, 5) is 10.4. The lowest BCUT2D eigenvalue weighted by atomic mass is 10.9. The largest absolute Gasteiger partial charge is 0.450 e. The fraction of sp³-hybridized carbons (Fsp3) is 0.750. The Labute approximate surface area is 46.9 Å². The number of amides is 1. The third-order valence-corrected chi connectivity index (χ3v) is 0.377. The molecular weight excluding hydrogens is 94.0 g/mol. The minimum atomic E-state index is -2.45. The Balaban J connectivity index is 3.58. The third kappa shape index (κ3) is 3.09. The molecule has 0 unspecified atom stereocenters. The molecule has 0 rings (SSSR count). The monoisotopic (exact) mass is 106 g/mol. The molecule has 0 aromatic carbocycles. The van der Waals surface area contributed by atoms with Crippen LogP contribution in [-0.2, 0) is 4.74 Å². The van der Waals surface area contributed by atoms with Gasteiger partial charge < -0.3 is 10.1 Å². The highest BCUT2D eigenvalue weighted by molar-refractivity contribution is 5.66. The lowest BCUT2D eigenvalue weighted by molar-refractivity contribution is 0.154. The zero-order valence-corrected chi connectivity index (χ0v) is 4.02. The maximum Gasteiger partial charge on any atom is 0.406 e. The van der Waals surface area contributed by atoms with Gasteiger partial charge in [-0.05, 0) is 6.92 Å². The number of rotatable bonds is 1. The summed E-state index contributed by atoms with van der Waals surface area (Å²) in [5, 5.41) is 1.66. The number of carbonyl (C=O) groups excluding carboxylic acids is 1. The van der Waals surface area contributed by atoms with Gasteiger partial charge in [-0.15, -0.1) is 0 Å². The van der Waals surface area contributed by atoms with E-state index in [9.17, 15) is 4.79 Å². The van der Waals surface area contributed by atoms with Gasteiger partial charge in [-0.2, -0.15) is 0 Å². The van der Waals surface area contributed by atoms with Crippen LogP contribution in [0.15, 0.2) is 0 Å². The van der Waals surface area contributed by atoms with E-state index in [1.165, 1.54) is 0 Å². The molecule has 0 heterocycles. The summed E-state index contributed by atoms with van der Waals surface area (Å²) >= 11 is 0. The molecule has 0 bridgehead atoms. The summed E-state index contributed by atoms with van der Waals surface area (Å²) in [5.41, 5.74) is 0. The fourth-order valence-electron chi connectivity index (χ4n) is 0.167. The van der Waals surface area contributed by atoms with Crippen LogP contribution in [0.25, 0.3) is 0 Å². The van der Waals surface area contributed by atoms with Crippen LogP contribution in [0.1, 0.15) is 11.0 Å². The lowest BCUT2D eigenvalue weighted by Crippen LogP contribution is -2.18. The Morgan fingerprint density at radius 2 is 2.86 bits per heavy atom. The molecule has 0 saturated heterocycles. The highest BCUT2D eigenvalue weighted by Gasteiger charge is 1.89. The second-order valence-electron chi connectivity index (χ2n) is 0.845. The normalized spacial score (nSPS) is 15.9. The summed E-state index contributed by atoms with van der Waals surface area (Å²) < 4.78 is 24.0. The van der Waals surface area contributed by atoms with Gasteiger partial charge in [0.25, 0.3) is 0 Å². The first-order valence-corrected chi connectivity index (χ1v) is 1.90. The predicted molar refractivity (Wildman–Crippen MR) is 26.1 cm³/mol. The Morgan fingerprint density at radius 3 is 3.29 bits per heavy atom. The summed E-state index contributed by atoms with van der Waals surface area (Å²) in [6.07, 6.45) is -0.914. The molecule has 1 amide bonds. The van der Waals surface area contributed by atoms with Crippen molar-refractivity contribution in [3.05, 3.63) is 0 Å². The van der Waals surface area contributed by atoms with Gasteiger partial charge in [-0.25, -0.2) is 4.79 Å². The van der Waals surface area contributed by atoms with Gasteiger partial charge in [-0.3, -0.25) is 0 Å². The van der Waals surface area contributed by atoms with Crippen LogP contribution in [0.2, 0.25) is 0 Å². The smallest absolute Gasteiger partial charge is 0.406 e. The van der Waals surface area contributed by atoms with Crippen LogP contribution in [0.4, 0.5) is 4.79 Å². The highest BCUT2D eigenvalue weighted by atomic mass is 16.5. The van der Waals surface area contributed by atoms with Crippen molar-refractivity contribution in [3.8, 4) is 0 Å². The van der Waals surface area contributed by atoms with E-state index in [4.69, 9.17) is 4.11 Å². The van der Waals surface area contributed by atoms with Crippen LogP contribution in [0.3, 0.4) is 0 Å². The number of ether oxygens (including phenoxy) is 1. The molecule has 0 fully saturated rings. The van der Waals surface area contributed by atoms with Crippen molar-refractivity contribution in [3.63, 3.8) is 0 Å². The van der Waals surface area contributed by atoms with Crippen molar-refractivity contribution in [2.75, 3.05) is 13.6 Å². The van der Waals surface area contributed by atoms with E-state index in [1.807, 2.05) is 0 Å². The Kier molecular flexibility index (Phi) is 1.26. The quantitative estimate of drug-likeness (QED) is 0.524. The maximum absolute atomic E-state index is 10.4. The summed E-state index contributed by atoms with van der Waals surface area (Å²) in [6, 6.07) is 0. The van der Waals surface area contributed by atoms with Crippen LogP contribution in [0.5, 0.6) is 0 Å². The molecule has 7 heavy (non-hydrogen) atoms. The van der Waals surface area contributed by atoms with Crippen molar-refractivity contribution in [1.29, 1.82) is 0 Å². The number of alkyl carbamates (subject to hydrolysis) is 1. The van der Waals surface area contributed by atoms with E-state index in [0.717, 1.165) is 0 Å². The van der Waals surface area contributed by atoms with Crippen molar-refractivity contribution in [1.82, 2.24) is 5.32 Å². The third-order valence-electron chi connectivity index (χ3n) is 0.377. The fourth-order valence-corrected chi connectivity index (χ4v) is 0.167. The summed E-state index contributed by atoms with van der Waals surface area (Å²) in [6.45, 7) is -0.687. The zero-order chi connectivity index (χ0) is 8.20. The first-order valence-electron chi connectivity index (χ1n) is 3.40. The van der Waals surface area contributed by atoms with E-state index in [0.29, 0.717) is 0 Å². The SMILES string of the molecule is [2H]C([2H])([2H])NC(=O)OCC. The standard InChI is InChI=1S/C4H9NO2/c1-3-7-4(6)5-2/h3H2,1-2H3,(H,5,6)/i2D3. The maximum atomic E-state index is 10.4. The highest BCUT2D eigenvalue weighted by Crippen LogP contribution is 1.70. The molecule has 0 aliphatic rings. The summed E-state index contributed by atoms with van der Waals surface area (Å²) in [5.74, 6) is 0. The van der Waals surface area contributed by atoms with Gasteiger partial charge in [0.2, 0.25) is 0 Å². The Bertz CT molecular complexity index is 122. The summed E-state index contributed by atoms with van der Waals surface area (Å²) in [7, 11) is 0. The van der Waals surface area contributed by atoms with Gasteiger partial charge in [0.1, 0.15) is 0 Å². The molecule has 0 saturated carbocycles. The zero-order valence-electron chi connectivity index (χ0n) is 7.02. The van der Waals surface area contributed by atoms with Gasteiger partial charge in [0.15, 0.2) is 0 Å². The molecule has 3 heteroatoms. The second-order valence-corrected chi connectivity index (χ2v) is 0.845. The van der Waals surface area contributed by atoms with Gasteiger partial charge in [0, 0.05) is 11.1 Å². The minimum absolute atomic E-state index is 0.169. The molecule has 0 aromatic heterocycles.